The lowest BCUT2D eigenvalue weighted by Gasteiger charge is -2.18. The van der Waals surface area contributed by atoms with Crippen LogP contribution in [0.1, 0.15) is 18.1 Å². The van der Waals surface area contributed by atoms with E-state index in [9.17, 15) is 19.0 Å². The van der Waals surface area contributed by atoms with Crippen LogP contribution in [-0.4, -0.2) is 28.0 Å². The monoisotopic (exact) mass is 296 g/mol. The molecule has 0 aliphatic rings. The Morgan fingerprint density at radius 3 is 2.12 bits per heavy atom. The van der Waals surface area contributed by atoms with Crippen molar-refractivity contribution in [1.82, 2.24) is 0 Å². The van der Waals surface area contributed by atoms with Gasteiger partial charge in [0.15, 0.2) is 0 Å². The molecule has 0 aliphatic carbocycles. The highest BCUT2D eigenvalue weighted by atomic mass is 79.9. The SMILES string of the molecule is OCCC(O)C(O)c1c(F)cc(Br)cc1F. The average Bonchev–Trinajstić information content (AvgIpc) is 2.16. The third-order valence-electron chi connectivity index (χ3n) is 2.13. The van der Waals surface area contributed by atoms with Crippen LogP contribution in [0.15, 0.2) is 16.6 Å². The Labute approximate surface area is 99.5 Å². The van der Waals surface area contributed by atoms with Gasteiger partial charge >= 0.3 is 0 Å². The largest absolute Gasteiger partial charge is 0.396 e. The average molecular weight is 297 g/mol. The van der Waals surface area contributed by atoms with Crippen molar-refractivity contribution in [3.05, 3.63) is 33.8 Å². The molecule has 0 saturated carbocycles. The molecule has 0 saturated heterocycles. The van der Waals surface area contributed by atoms with Gasteiger partial charge in [0, 0.05) is 11.1 Å². The van der Waals surface area contributed by atoms with Gasteiger partial charge in [-0.15, -0.1) is 0 Å². The van der Waals surface area contributed by atoms with E-state index in [0.717, 1.165) is 12.1 Å². The van der Waals surface area contributed by atoms with Crippen LogP contribution in [0.25, 0.3) is 0 Å². The number of aliphatic hydroxyl groups is 3. The first-order chi connectivity index (χ1) is 7.47. The quantitative estimate of drug-likeness (QED) is 0.789. The van der Waals surface area contributed by atoms with Crippen LogP contribution >= 0.6 is 15.9 Å². The molecule has 6 heteroatoms. The summed E-state index contributed by atoms with van der Waals surface area (Å²) in [6, 6.07) is 1.99. The predicted molar refractivity (Wildman–Crippen MR) is 56.7 cm³/mol. The summed E-state index contributed by atoms with van der Waals surface area (Å²) in [5, 5.41) is 27.4. The number of aliphatic hydroxyl groups excluding tert-OH is 3. The molecule has 1 rings (SSSR count). The molecule has 0 fully saturated rings. The van der Waals surface area contributed by atoms with E-state index in [1.54, 1.807) is 0 Å². The number of rotatable bonds is 4. The standard InChI is InChI=1S/C10H11BrF2O3/c11-5-3-6(12)9(7(13)4-5)10(16)8(15)1-2-14/h3-4,8,10,14-16H,1-2H2. The van der Waals surface area contributed by atoms with Crippen LogP contribution in [0.2, 0.25) is 0 Å². The summed E-state index contributed by atoms with van der Waals surface area (Å²) < 4.78 is 26.9. The van der Waals surface area contributed by atoms with Gasteiger partial charge in [-0.25, -0.2) is 8.78 Å². The van der Waals surface area contributed by atoms with Crippen molar-refractivity contribution < 1.29 is 24.1 Å². The van der Waals surface area contributed by atoms with Gasteiger partial charge in [-0.3, -0.25) is 0 Å². The fraction of sp³-hybridized carbons (Fsp3) is 0.400. The minimum absolute atomic E-state index is 0.157. The van der Waals surface area contributed by atoms with Gasteiger partial charge < -0.3 is 15.3 Å². The first kappa shape index (κ1) is 13.5. The summed E-state index contributed by atoms with van der Waals surface area (Å²) in [5.41, 5.74) is -0.593. The van der Waals surface area contributed by atoms with Gasteiger partial charge in [0.25, 0.3) is 0 Å². The summed E-state index contributed by atoms with van der Waals surface area (Å²) in [4.78, 5) is 0. The minimum atomic E-state index is -1.69. The van der Waals surface area contributed by atoms with Crippen molar-refractivity contribution in [1.29, 1.82) is 0 Å². The molecule has 3 N–H and O–H groups in total. The summed E-state index contributed by atoms with van der Waals surface area (Å²) in [6.45, 7) is -0.377. The normalized spacial score (nSPS) is 14.9. The van der Waals surface area contributed by atoms with Crippen molar-refractivity contribution in [2.24, 2.45) is 0 Å². The van der Waals surface area contributed by atoms with Gasteiger partial charge in [0.1, 0.15) is 17.7 Å². The maximum absolute atomic E-state index is 13.4. The first-order valence-corrected chi connectivity index (χ1v) is 5.38. The van der Waals surface area contributed by atoms with Crippen LogP contribution in [0, 0.1) is 11.6 Å². The number of hydrogen-bond donors (Lipinski definition) is 3. The molecule has 0 amide bonds. The zero-order chi connectivity index (χ0) is 12.3. The van der Waals surface area contributed by atoms with Gasteiger partial charge in [-0.1, -0.05) is 15.9 Å². The highest BCUT2D eigenvalue weighted by Crippen LogP contribution is 2.27. The Bertz CT molecular complexity index is 350. The molecule has 0 heterocycles. The van der Waals surface area contributed by atoms with E-state index in [1.165, 1.54) is 0 Å². The van der Waals surface area contributed by atoms with Crippen molar-refractivity contribution >= 4 is 15.9 Å². The Kier molecular flexibility index (Phi) is 4.79. The molecule has 3 nitrogen and oxygen atoms in total. The van der Waals surface area contributed by atoms with Crippen molar-refractivity contribution in [3.8, 4) is 0 Å². The Morgan fingerprint density at radius 1 is 1.19 bits per heavy atom. The molecular weight excluding hydrogens is 286 g/mol. The highest BCUT2D eigenvalue weighted by molar-refractivity contribution is 9.10. The fourth-order valence-corrected chi connectivity index (χ4v) is 1.72. The third kappa shape index (κ3) is 2.98. The van der Waals surface area contributed by atoms with Crippen LogP contribution in [0.5, 0.6) is 0 Å². The second kappa shape index (κ2) is 5.67. The molecule has 1 aromatic rings. The molecule has 16 heavy (non-hydrogen) atoms. The van der Waals surface area contributed by atoms with E-state index in [2.05, 4.69) is 15.9 Å². The summed E-state index contributed by atoms with van der Waals surface area (Å²) >= 11 is 2.90. The van der Waals surface area contributed by atoms with E-state index in [0.29, 0.717) is 0 Å². The van der Waals surface area contributed by atoms with E-state index >= 15 is 0 Å². The van der Waals surface area contributed by atoms with Crippen molar-refractivity contribution in [3.63, 3.8) is 0 Å². The highest BCUT2D eigenvalue weighted by Gasteiger charge is 2.25. The zero-order valence-corrected chi connectivity index (χ0v) is 9.79. The molecule has 0 aromatic heterocycles. The zero-order valence-electron chi connectivity index (χ0n) is 8.20. The molecule has 2 atom stereocenters. The smallest absolute Gasteiger partial charge is 0.133 e. The third-order valence-corrected chi connectivity index (χ3v) is 2.59. The number of benzene rings is 1. The fourth-order valence-electron chi connectivity index (χ4n) is 1.32. The molecule has 0 bridgehead atoms. The molecule has 2 unspecified atom stereocenters. The van der Waals surface area contributed by atoms with Gasteiger partial charge in [0.2, 0.25) is 0 Å². The van der Waals surface area contributed by atoms with Crippen LogP contribution in [0.3, 0.4) is 0 Å². The lowest BCUT2D eigenvalue weighted by atomic mass is 10.0. The molecule has 0 aliphatic heterocycles. The van der Waals surface area contributed by atoms with Crippen LogP contribution < -0.4 is 0 Å². The van der Waals surface area contributed by atoms with E-state index in [1.807, 2.05) is 0 Å². The summed E-state index contributed by atoms with van der Waals surface area (Å²) in [5.74, 6) is -1.90. The minimum Gasteiger partial charge on any atom is -0.396 e. The molecular formula is C10H11BrF2O3. The summed E-state index contributed by atoms with van der Waals surface area (Å²) in [6.07, 6.45) is -3.26. The second-order valence-electron chi connectivity index (χ2n) is 3.31. The Balaban J connectivity index is 3.03. The molecule has 1 aromatic carbocycles. The lowest BCUT2D eigenvalue weighted by Crippen LogP contribution is -2.21. The van der Waals surface area contributed by atoms with Gasteiger partial charge in [-0.2, -0.15) is 0 Å². The maximum atomic E-state index is 13.4. The van der Waals surface area contributed by atoms with Gasteiger partial charge in [-0.05, 0) is 18.6 Å². The van der Waals surface area contributed by atoms with E-state index in [-0.39, 0.29) is 17.5 Å². The molecule has 0 radical (unpaired) electrons. The number of hydrogen-bond acceptors (Lipinski definition) is 3. The van der Waals surface area contributed by atoms with E-state index < -0.39 is 29.4 Å². The van der Waals surface area contributed by atoms with E-state index in [4.69, 9.17) is 5.11 Å². The van der Waals surface area contributed by atoms with Crippen molar-refractivity contribution in [2.75, 3.05) is 6.61 Å². The number of halogens is 3. The van der Waals surface area contributed by atoms with Crippen LogP contribution in [-0.2, 0) is 0 Å². The van der Waals surface area contributed by atoms with Gasteiger partial charge in [0.05, 0.1) is 11.7 Å². The lowest BCUT2D eigenvalue weighted by molar-refractivity contribution is 0.000362. The second-order valence-corrected chi connectivity index (χ2v) is 4.22. The Hall–Kier alpha value is -0.560. The Morgan fingerprint density at radius 2 is 1.69 bits per heavy atom. The first-order valence-electron chi connectivity index (χ1n) is 4.58. The summed E-state index contributed by atoms with van der Waals surface area (Å²) in [7, 11) is 0. The molecule has 0 spiro atoms. The topological polar surface area (TPSA) is 60.7 Å². The van der Waals surface area contributed by atoms with Crippen LogP contribution in [0.4, 0.5) is 8.78 Å². The predicted octanol–water partition coefficient (Wildman–Crippen LogP) is 1.50. The van der Waals surface area contributed by atoms with Crippen molar-refractivity contribution in [2.45, 2.75) is 18.6 Å². The maximum Gasteiger partial charge on any atom is 0.133 e. The molecule has 90 valence electrons.